The van der Waals surface area contributed by atoms with E-state index in [1.807, 2.05) is 6.07 Å². The number of nitrogens with zero attached hydrogens (tertiary/aromatic N) is 2. The Hall–Kier alpha value is -1.65. The highest BCUT2D eigenvalue weighted by atomic mass is 16.4. The van der Waals surface area contributed by atoms with E-state index in [0.717, 1.165) is 18.5 Å². The van der Waals surface area contributed by atoms with Crippen LogP contribution in [-0.2, 0) is 11.2 Å². The topological polar surface area (TPSA) is 75.1 Å². The van der Waals surface area contributed by atoms with Gasteiger partial charge in [0.05, 0.1) is 0 Å². The molecule has 14 heavy (non-hydrogen) atoms. The SMILES string of the molecule is CCCc1ccnc(NCC(=O)O)n1. The van der Waals surface area contributed by atoms with Crippen molar-refractivity contribution < 1.29 is 9.90 Å². The fraction of sp³-hybridized carbons (Fsp3) is 0.444. The predicted molar refractivity (Wildman–Crippen MR) is 52.2 cm³/mol. The molecule has 5 nitrogen and oxygen atoms in total. The molecule has 0 aliphatic rings. The van der Waals surface area contributed by atoms with Crippen molar-refractivity contribution in [3.05, 3.63) is 18.0 Å². The number of hydrogen-bond acceptors (Lipinski definition) is 4. The van der Waals surface area contributed by atoms with E-state index in [4.69, 9.17) is 5.11 Å². The monoisotopic (exact) mass is 195 g/mol. The van der Waals surface area contributed by atoms with Crippen molar-refractivity contribution in [2.45, 2.75) is 19.8 Å². The number of carboxylic acids is 1. The van der Waals surface area contributed by atoms with Crippen molar-refractivity contribution in [3.8, 4) is 0 Å². The molecule has 0 spiro atoms. The lowest BCUT2D eigenvalue weighted by molar-refractivity contribution is -0.134. The van der Waals surface area contributed by atoms with Gasteiger partial charge in [-0.15, -0.1) is 0 Å². The first kappa shape index (κ1) is 10.4. The number of carboxylic acid groups (broad SMARTS) is 1. The van der Waals surface area contributed by atoms with Gasteiger partial charge in [0.2, 0.25) is 5.95 Å². The minimum absolute atomic E-state index is 0.157. The molecule has 0 unspecified atom stereocenters. The zero-order valence-corrected chi connectivity index (χ0v) is 8.03. The molecule has 0 atom stereocenters. The van der Waals surface area contributed by atoms with Crippen molar-refractivity contribution in [2.75, 3.05) is 11.9 Å². The molecule has 0 fully saturated rings. The third kappa shape index (κ3) is 3.38. The number of hydrogen-bond donors (Lipinski definition) is 2. The van der Waals surface area contributed by atoms with E-state index in [-0.39, 0.29) is 6.54 Å². The molecule has 2 N–H and O–H groups in total. The lowest BCUT2D eigenvalue weighted by atomic mass is 10.2. The Morgan fingerprint density at radius 3 is 3.07 bits per heavy atom. The maximum atomic E-state index is 10.3. The van der Waals surface area contributed by atoms with Crippen LogP contribution in [0.4, 0.5) is 5.95 Å². The molecule has 0 saturated carbocycles. The van der Waals surface area contributed by atoms with E-state index in [0.29, 0.717) is 5.95 Å². The molecule has 1 aromatic heterocycles. The number of aliphatic carboxylic acids is 1. The summed E-state index contributed by atoms with van der Waals surface area (Å²) in [4.78, 5) is 18.3. The summed E-state index contributed by atoms with van der Waals surface area (Å²) >= 11 is 0. The maximum Gasteiger partial charge on any atom is 0.322 e. The van der Waals surface area contributed by atoms with Gasteiger partial charge in [-0.1, -0.05) is 13.3 Å². The number of nitrogens with one attached hydrogen (secondary N) is 1. The summed E-state index contributed by atoms with van der Waals surface area (Å²) < 4.78 is 0. The van der Waals surface area contributed by atoms with Crippen molar-refractivity contribution in [1.29, 1.82) is 0 Å². The van der Waals surface area contributed by atoms with E-state index in [2.05, 4.69) is 22.2 Å². The van der Waals surface area contributed by atoms with Crippen LogP contribution in [0.15, 0.2) is 12.3 Å². The van der Waals surface area contributed by atoms with Gasteiger partial charge in [-0.3, -0.25) is 4.79 Å². The first-order chi connectivity index (χ1) is 6.72. The lowest BCUT2D eigenvalue weighted by Gasteiger charge is -2.02. The highest BCUT2D eigenvalue weighted by Crippen LogP contribution is 2.02. The number of carbonyl (C=O) groups is 1. The fourth-order valence-corrected chi connectivity index (χ4v) is 1.03. The van der Waals surface area contributed by atoms with Crippen molar-refractivity contribution >= 4 is 11.9 Å². The average Bonchev–Trinajstić information content (AvgIpc) is 2.16. The Labute approximate surface area is 82.2 Å². The molecule has 1 heterocycles. The van der Waals surface area contributed by atoms with Crippen molar-refractivity contribution in [3.63, 3.8) is 0 Å². The van der Waals surface area contributed by atoms with E-state index in [1.54, 1.807) is 6.20 Å². The third-order valence-electron chi connectivity index (χ3n) is 1.62. The molecule has 0 saturated heterocycles. The fourth-order valence-electron chi connectivity index (χ4n) is 1.03. The lowest BCUT2D eigenvalue weighted by Crippen LogP contribution is -2.14. The zero-order chi connectivity index (χ0) is 10.4. The molecule has 0 radical (unpaired) electrons. The normalized spacial score (nSPS) is 9.79. The van der Waals surface area contributed by atoms with Gasteiger partial charge in [-0.05, 0) is 12.5 Å². The van der Waals surface area contributed by atoms with Crippen LogP contribution < -0.4 is 5.32 Å². The molecule has 0 aliphatic carbocycles. The van der Waals surface area contributed by atoms with Gasteiger partial charge in [0, 0.05) is 11.9 Å². The summed E-state index contributed by atoms with van der Waals surface area (Å²) in [5, 5.41) is 11.1. The van der Waals surface area contributed by atoms with E-state index in [9.17, 15) is 4.79 Å². The molecule has 1 rings (SSSR count). The summed E-state index contributed by atoms with van der Waals surface area (Å²) in [6, 6.07) is 1.83. The average molecular weight is 195 g/mol. The van der Waals surface area contributed by atoms with Gasteiger partial charge >= 0.3 is 5.97 Å². The Balaban J connectivity index is 2.58. The van der Waals surface area contributed by atoms with E-state index < -0.39 is 5.97 Å². The molecule has 5 heteroatoms. The maximum absolute atomic E-state index is 10.3. The summed E-state index contributed by atoms with van der Waals surface area (Å²) in [6.07, 6.45) is 3.52. The summed E-state index contributed by atoms with van der Waals surface area (Å²) in [5.74, 6) is -0.548. The predicted octanol–water partition coefficient (Wildman–Crippen LogP) is 0.926. The molecule has 1 aromatic rings. The van der Waals surface area contributed by atoms with Crippen LogP contribution in [0.3, 0.4) is 0 Å². The second-order valence-corrected chi connectivity index (χ2v) is 2.87. The first-order valence-electron chi connectivity index (χ1n) is 4.50. The van der Waals surface area contributed by atoms with Crippen molar-refractivity contribution in [2.24, 2.45) is 0 Å². The molecule has 0 bridgehead atoms. The summed E-state index contributed by atoms with van der Waals surface area (Å²) in [7, 11) is 0. The Morgan fingerprint density at radius 2 is 2.43 bits per heavy atom. The molecular formula is C9H13N3O2. The van der Waals surface area contributed by atoms with Gasteiger partial charge in [0.15, 0.2) is 0 Å². The minimum Gasteiger partial charge on any atom is -0.480 e. The number of rotatable bonds is 5. The number of anilines is 1. The van der Waals surface area contributed by atoms with Crippen LogP contribution in [0.5, 0.6) is 0 Å². The molecule has 0 aromatic carbocycles. The minimum atomic E-state index is -0.922. The number of aryl methyl sites for hydroxylation is 1. The van der Waals surface area contributed by atoms with Crippen LogP contribution in [-0.4, -0.2) is 27.6 Å². The summed E-state index contributed by atoms with van der Waals surface area (Å²) in [5.41, 5.74) is 0.926. The van der Waals surface area contributed by atoms with Gasteiger partial charge in [-0.25, -0.2) is 9.97 Å². The van der Waals surface area contributed by atoms with Crippen LogP contribution in [0.2, 0.25) is 0 Å². The van der Waals surface area contributed by atoms with Gasteiger partial charge < -0.3 is 10.4 Å². The van der Waals surface area contributed by atoms with E-state index >= 15 is 0 Å². The second kappa shape index (κ2) is 5.16. The van der Waals surface area contributed by atoms with Gasteiger partial charge in [0.25, 0.3) is 0 Å². The van der Waals surface area contributed by atoms with Gasteiger partial charge in [0.1, 0.15) is 6.54 Å². The van der Waals surface area contributed by atoms with Crippen LogP contribution in [0.1, 0.15) is 19.0 Å². The van der Waals surface area contributed by atoms with Crippen LogP contribution in [0, 0.1) is 0 Å². The first-order valence-corrected chi connectivity index (χ1v) is 4.50. The molecular weight excluding hydrogens is 182 g/mol. The van der Waals surface area contributed by atoms with Crippen LogP contribution in [0.25, 0.3) is 0 Å². The van der Waals surface area contributed by atoms with Gasteiger partial charge in [-0.2, -0.15) is 0 Å². The Bertz CT molecular complexity index is 315. The Morgan fingerprint density at radius 1 is 1.64 bits per heavy atom. The number of aromatic nitrogens is 2. The molecule has 0 aliphatic heterocycles. The second-order valence-electron chi connectivity index (χ2n) is 2.87. The third-order valence-corrected chi connectivity index (χ3v) is 1.62. The molecule has 76 valence electrons. The van der Waals surface area contributed by atoms with Crippen LogP contribution >= 0.6 is 0 Å². The molecule has 0 amide bonds. The largest absolute Gasteiger partial charge is 0.480 e. The zero-order valence-electron chi connectivity index (χ0n) is 8.03. The highest BCUT2D eigenvalue weighted by Gasteiger charge is 2.00. The Kier molecular flexibility index (Phi) is 3.84. The summed E-state index contributed by atoms with van der Waals surface area (Å²) in [6.45, 7) is 1.90. The standard InChI is InChI=1S/C9H13N3O2/c1-2-3-7-4-5-10-9(12-7)11-6-8(13)14/h4-5H,2-3,6H2,1H3,(H,13,14)(H,10,11,12). The quantitative estimate of drug-likeness (QED) is 0.730. The van der Waals surface area contributed by atoms with E-state index in [1.165, 1.54) is 0 Å². The highest BCUT2D eigenvalue weighted by molar-refractivity contribution is 5.71. The smallest absolute Gasteiger partial charge is 0.322 e. The van der Waals surface area contributed by atoms with Crippen molar-refractivity contribution in [1.82, 2.24) is 9.97 Å².